The molecule has 0 aliphatic carbocycles. The van der Waals surface area contributed by atoms with Gasteiger partial charge in [-0.15, -0.1) is 0 Å². The van der Waals surface area contributed by atoms with Gasteiger partial charge in [0.1, 0.15) is 18.5 Å². The zero-order valence-electron chi connectivity index (χ0n) is 18.4. The summed E-state index contributed by atoms with van der Waals surface area (Å²) in [6, 6.07) is 6.24. The van der Waals surface area contributed by atoms with Gasteiger partial charge in [0.25, 0.3) is 0 Å². The van der Waals surface area contributed by atoms with E-state index in [1.807, 2.05) is 30.1 Å². The fourth-order valence-corrected chi connectivity index (χ4v) is 3.72. The zero-order chi connectivity index (χ0) is 21.0. The third kappa shape index (κ3) is 6.29. The van der Waals surface area contributed by atoms with Gasteiger partial charge in [0.2, 0.25) is 0 Å². The van der Waals surface area contributed by atoms with Crippen molar-refractivity contribution in [2.24, 2.45) is 0 Å². The highest BCUT2D eigenvalue weighted by Gasteiger charge is 2.24. The van der Waals surface area contributed by atoms with E-state index in [0.29, 0.717) is 13.2 Å². The van der Waals surface area contributed by atoms with Gasteiger partial charge in [0.05, 0.1) is 25.5 Å². The van der Waals surface area contributed by atoms with Crippen LogP contribution < -0.4 is 4.74 Å². The topological polar surface area (TPSA) is 59.8 Å². The third-order valence-electron chi connectivity index (χ3n) is 5.22. The molecular formula is C23H35N3O3. The molecule has 2 aromatic rings. The minimum atomic E-state index is -0.546. The molecule has 6 nitrogen and oxygen atoms in total. The van der Waals surface area contributed by atoms with Crippen LogP contribution in [0.4, 0.5) is 0 Å². The number of aromatic nitrogens is 2. The number of aliphatic hydroxyl groups excluding tert-OH is 1. The number of β-amino-alcohol motifs (C(OH)–C–C–N with tert-alkyl or cyclic N) is 1. The predicted octanol–water partition coefficient (Wildman–Crippen LogP) is 2.94. The van der Waals surface area contributed by atoms with Gasteiger partial charge in [0, 0.05) is 25.8 Å². The minimum Gasteiger partial charge on any atom is -0.491 e. The standard InChI is InChI=1S/C23H35N3O3/c1-17-6-7-22(21(10-17)23(3,4)5)29-16-19(27)13-25-8-9-28-20(14-25)15-26-12-18(2)11-24-26/h6-7,10-12,19-20,27H,8-9,13-16H2,1-5H3. The van der Waals surface area contributed by atoms with Crippen LogP contribution in [0.3, 0.4) is 0 Å². The van der Waals surface area contributed by atoms with Crippen LogP contribution in [0.15, 0.2) is 30.6 Å². The predicted molar refractivity (Wildman–Crippen MR) is 115 cm³/mol. The maximum absolute atomic E-state index is 10.6. The van der Waals surface area contributed by atoms with Crippen LogP contribution in [0.2, 0.25) is 0 Å². The first kappa shape index (κ1) is 21.8. The molecule has 0 amide bonds. The van der Waals surface area contributed by atoms with E-state index in [9.17, 15) is 5.11 Å². The average Bonchev–Trinajstić information content (AvgIpc) is 3.05. The van der Waals surface area contributed by atoms with Crippen LogP contribution in [0, 0.1) is 13.8 Å². The molecule has 1 aromatic heterocycles. The smallest absolute Gasteiger partial charge is 0.123 e. The van der Waals surface area contributed by atoms with E-state index in [0.717, 1.165) is 30.9 Å². The maximum Gasteiger partial charge on any atom is 0.123 e. The summed E-state index contributed by atoms with van der Waals surface area (Å²) in [5, 5.41) is 14.9. The molecule has 0 bridgehead atoms. The normalized spacial score (nSPS) is 19.3. The van der Waals surface area contributed by atoms with Crippen LogP contribution >= 0.6 is 0 Å². The molecular weight excluding hydrogens is 366 g/mol. The molecule has 3 rings (SSSR count). The van der Waals surface area contributed by atoms with Gasteiger partial charge in [-0.05, 0) is 36.5 Å². The molecule has 1 aromatic carbocycles. The molecule has 1 aliphatic heterocycles. The highest BCUT2D eigenvalue weighted by molar-refractivity contribution is 5.41. The number of morpholine rings is 1. The Bertz CT molecular complexity index is 797. The Morgan fingerprint density at radius 3 is 2.76 bits per heavy atom. The van der Waals surface area contributed by atoms with Crippen molar-refractivity contribution in [2.45, 2.75) is 58.8 Å². The molecule has 6 heteroatoms. The second-order valence-corrected chi connectivity index (χ2v) is 9.21. The Labute approximate surface area is 174 Å². The molecule has 1 saturated heterocycles. The first-order chi connectivity index (χ1) is 13.7. The quantitative estimate of drug-likeness (QED) is 0.773. The number of ether oxygens (including phenoxy) is 2. The molecule has 1 fully saturated rings. The maximum atomic E-state index is 10.6. The second-order valence-electron chi connectivity index (χ2n) is 9.21. The highest BCUT2D eigenvalue weighted by Crippen LogP contribution is 2.32. The van der Waals surface area contributed by atoms with Crippen molar-refractivity contribution in [1.82, 2.24) is 14.7 Å². The molecule has 0 saturated carbocycles. The number of aryl methyl sites for hydroxylation is 2. The van der Waals surface area contributed by atoms with Crippen molar-refractivity contribution < 1.29 is 14.6 Å². The molecule has 0 spiro atoms. The van der Waals surface area contributed by atoms with Gasteiger partial charge in [-0.25, -0.2) is 0 Å². The van der Waals surface area contributed by atoms with Crippen LogP contribution in [0.5, 0.6) is 5.75 Å². The Kier molecular flexibility index (Phi) is 6.98. The Balaban J connectivity index is 1.51. The molecule has 1 aliphatic rings. The van der Waals surface area contributed by atoms with Gasteiger partial charge in [-0.2, -0.15) is 5.10 Å². The number of hydrogen-bond donors (Lipinski definition) is 1. The molecule has 160 valence electrons. The summed E-state index contributed by atoms with van der Waals surface area (Å²) >= 11 is 0. The van der Waals surface area contributed by atoms with Crippen LogP contribution in [0.25, 0.3) is 0 Å². The first-order valence-corrected chi connectivity index (χ1v) is 10.5. The number of hydrogen-bond acceptors (Lipinski definition) is 5. The monoisotopic (exact) mass is 401 g/mol. The lowest BCUT2D eigenvalue weighted by atomic mass is 9.85. The number of aliphatic hydroxyl groups is 1. The lowest BCUT2D eigenvalue weighted by Crippen LogP contribution is -2.47. The fourth-order valence-electron chi connectivity index (χ4n) is 3.72. The minimum absolute atomic E-state index is 0.00537. The Morgan fingerprint density at radius 2 is 2.07 bits per heavy atom. The summed E-state index contributed by atoms with van der Waals surface area (Å²) < 4.78 is 13.8. The summed E-state index contributed by atoms with van der Waals surface area (Å²) in [5.74, 6) is 0.857. The van der Waals surface area contributed by atoms with E-state index >= 15 is 0 Å². The van der Waals surface area contributed by atoms with Crippen LogP contribution in [-0.4, -0.2) is 64.8 Å². The summed E-state index contributed by atoms with van der Waals surface area (Å²) in [4.78, 5) is 2.25. The number of benzene rings is 1. The molecule has 0 radical (unpaired) electrons. The molecule has 2 atom stereocenters. The first-order valence-electron chi connectivity index (χ1n) is 10.5. The van der Waals surface area contributed by atoms with Gasteiger partial charge in [-0.1, -0.05) is 38.5 Å². The second kappa shape index (κ2) is 9.28. The zero-order valence-corrected chi connectivity index (χ0v) is 18.4. The van der Waals surface area contributed by atoms with E-state index in [1.165, 1.54) is 11.1 Å². The summed E-state index contributed by atoms with van der Waals surface area (Å²) in [5.41, 5.74) is 3.53. The number of nitrogens with zero attached hydrogens (tertiary/aromatic N) is 3. The van der Waals surface area contributed by atoms with E-state index < -0.39 is 6.10 Å². The summed E-state index contributed by atoms with van der Waals surface area (Å²) in [6.07, 6.45) is 3.42. The highest BCUT2D eigenvalue weighted by atomic mass is 16.5. The summed E-state index contributed by atoms with van der Waals surface area (Å²) in [6.45, 7) is 14.5. The molecule has 2 heterocycles. The molecule has 2 unspecified atom stereocenters. The Morgan fingerprint density at radius 1 is 1.28 bits per heavy atom. The molecule has 29 heavy (non-hydrogen) atoms. The van der Waals surface area contributed by atoms with E-state index in [-0.39, 0.29) is 18.1 Å². The lowest BCUT2D eigenvalue weighted by molar-refractivity contribution is -0.0517. The van der Waals surface area contributed by atoms with Gasteiger partial charge in [-0.3, -0.25) is 9.58 Å². The lowest BCUT2D eigenvalue weighted by Gasteiger charge is -2.34. The van der Waals surface area contributed by atoms with Crippen molar-refractivity contribution in [3.05, 3.63) is 47.3 Å². The van der Waals surface area contributed by atoms with Crippen LogP contribution in [-0.2, 0) is 16.7 Å². The van der Waals surface area contributed by atoms with Crippen molar-refractivity contribution >= 4 is 0 Å². The van der Waals surface area contributed by atoms with E-state index in [2.05, 4.69) is 49.8 Å². The van der Waals surface area contributed by atoms with E-state index in [4.69, 9.17) is 9.47 Å². The van der Waals surface area contributed by atoms with Crippen molar-refractivity contribution in [3.8, 4) is 5.75 Å². The van der Waals surface area contributed by atoms with Crippen molar-refractivity contribution in [1.29, 1.82) is 0 Å². The van der Waals surface area contributed by atoms with Gasteiger partial charge in [0.15, 0.2) is 0 Å². The SMILES string of the molecule is Cc1ccc(OCC(O)CN2CCOC(Cn3cc(C)cn3)C2)c(C(C)(C)C)c1. The molecule has 1 N–H and O–H groups in total. The summed E-state index contributed by atoms with van der Waals surface area (Å²) in [7, 11) is 0. The Hall–Kier alpha value is -1.89. The largest absolute Gasteiger partial charge is 0.491 e. The van der Waals surface area contributed by atoms with Gasteiger partial charge < -0.3 is 14.6 Å². The van der Waals surface area contributed by atoms with Crippen molar-refractivity contribution in [3.63, 3.8) is 0 Å². The average molecular weight is 402 g/mol. The van der Waals surface area contributed by atoms with Crippen LogP contribution in [0.1, 0.15) is 37.5 Å². The van der Waals surface area contributed by atoms with Crippen molar-refractivity contribution in [2.75, 3.05) is 32.8 Å². The van der Waals surface area contributed by atoms with E-state index in [1.54, 1.807) is 0 Å². The number of rotatable bonds is 7. The fraction of sp³-hybridized carbons (Fsp3) is 0.609. The third-order valence-corrected chi connectivity index (χ3v) is 5.22. The van der Waals surface area contributed by atoms with Gasteiger partial charge >= 0.3 is 0 Å².